The van der Waals surface area contributed by atoms with Gasteiger partial charge in [0.1, 0.15) is 17.3 Å². The Morgan fingerprint density at radius 3 is 2.75 bits per heavy atom. The topological polar surface area (TPSA) is 68.3 Å². The first kappa shape index (κ1) is 18.4. The van der Waals surface area contributed by atoms with E-state index in [0.717, 1.165) is 34.7 Å². The Bertz CT molecular complexity index is 1090. The number of ether oxygens (including phenoxy) is 1. The number of rotatable bonds is 5. The molecule has 1 atom stereocenters. The summed E-state index contributed by atoms with van der Waals surface area (Å²) in [5.74, 6) is 0.656. The first-order valence-corrected chi connectivity index (χ1v) is 9.77. The number of nitrogens with one attached hydrogen (secondary N) is 1. The molecule has 1 saturated heterocycles. The molecule has 0 aliphatic carbocycles. The van der Waals surface area contributed by atoms with Crippen LogP contribution in [0.2, 0.25) is 0 Å². The van der Waals surface area contributed by atoms with Crippen LogP contribution in [-0.2, 0) is 17.6 Å². The molecule has 1 unspecified atom stereocenters. The van der Waals surface area contributed by atoms with Gasteiger partial charge in [-0.2, -0.15) is 0 Å². The molecule has 7 heteroatoms. The number of aromatic nitrogens is 1. The van der Waals surface area contributed by atoms with Gasteiger partial charge in [-0.1, -0.05) is 24.8 Å². The van der Waals surface area contributed by atoms with E-state index in [1.54, 1.807) is 18.3 Å². The van der Waals surface area contributed by atoms with Gasteiger partial charge in [-0.05, 0) is 54.3 Å². The van der Waals surface area contributed by atoms with Crippen LogP contribution in [-0.4, -0.2) is 21.4 Å². The number of fused-ring (bicyclic) bond motifs is 1. The van der Waals surface area contributed by atoms with E-state index < -0.39 is 5.25 Å². The summed E-state index contributed by atoms with van der Waals surface area (Å²) in [6.07, 6.45) is 2.84. The number of pyridine rings is 1. The van der Waals surface area contributed by atoms with E-state index in [2.05, 4.69) is 10.3 Å². The molecule has 4 rings (SSSR count). The van der Waals surface area contributed by atoms with E-state index in [4.69, 9.17) is 4.74 Å². The average molecular weight is 396 g/mol. The van der Waals surface area contributed by atoms with E-state index in [1.807, 2.05) is 25.1 Å². The molecular formula is C21H17FN2O3S. The normalized spacial score (nSPS) is 16.4. The highest BCUT2D eigenvalue weighted by Crippen LogP contribution is 2.31. The van der Waals surface area contributed by atoms with Crippen LogP contribution in [0.3, 0.4) is 0 Å². The summed E-state index contributed by atoms with van der Waals surface area (Å²) in [7, 11) is 0. The zero-order chi connectivity index (χ0) is 19.7. The fourth-order valence-corrected chi connectivity index (χ4v) is 4.08. The molecule has 0 radical (unpaired) electrons. The summed E-state index contributed by atoms with van der Waals surface area (Å²) in [6, 6.07) is 11.8. The van der Waals surface area contributed by atoms with Crippen molar-refractivity contribution in [3.05, 3.63) is 65.6 Å². The van der Waals surface area contributed by atoms with Crippen LogP contribution in [0.15, 0.2) is 48.7 Å². The summed E-state index contributed by atoms with van der Waals surface area (Å²) in [4.78, 5) is 27.4. The SMILES string of the molecule is CCc1cc(Oc2ccnc3cc(F)ccc23)ccc1CC1SC(=O)NC1=O. The number of amides is 2. The number of hydrogen-bond acceptors (Lipinski definition) is 5. The lowest BCUT2D eigenvalue weighted by atomic mass is 10.00. The molecule has 1 aliphatic rings. The lowest BCUT2D eigenvalue weighted by Crippen LogP contribution is -2.25. The molecule has 142 valence electrons. The fraction of sp³-hybridized carbons (Fsp3) is 0.190. The van der Waals surface area contributed by atoms with Crippen molar-refractivity contribution in [3.8, 4) is 11.5 Å². The smallest absolute Gasteiger partial charge is 0.286 e. The Balaban J connectivity index is 1.60. The molecule has 5 nitrogen and oxygen atoms in total. The van der Waals surface area contributed by atoms with Crippen LogP contribution in [0.1, 0.15) is 18.1 Å². The van der Waals surface area contributed by atoms with Crippen molar-refractivity contribution in [2.45, 2.75) is 25.0 Å². The highest BCUT2D eigenvalue weighted by molar-refractivity contribution is 8.15. The highest BCUT2D eigenvalue weighted by atomic mass is 32.2. The third-order valence-corrected chi connectivity index (χ3v) is 5.60. The van der Waals surface area contributed by atoms with Gasteiger partial charge in [0, 0.05) is 17.6 Å². The number of halogens is 1. The molecule has 1 N–H and O–H groups in total. The molecular weight excluding hydrogens is 379 g/mol. The zero-order valence-corrected chi connectivity index (χ0v) is 15.9. The standard InChI is InChI=1S/C21H17FN2O3S/c1-2-12-9-15(5-3-13(12)10-19-20(25)24-21(26)28-19)27-18-7-8-23-17-11-14(22)4-6-16(17)18/h3-9,11,19H,2,10H2,1H3,(H,24,25,26). The molecule has 1 fully saturated rings. The molecule has 1 aliphatic heterocycles. The number of nitrogens with zero attached hydrogens (tertiary/aromatic N) is 1. The molecule has 1 aromatic heterocycles. The molecule has 28 heavy (non-hydrogen) atoms. The summed E-state index contributed by atoms with van der Waals surface area (Å²) in [5, 5.41) is 2.35. The second-order valence-electron chi connectivity index (χ2n) is 6.44. The fourth-order valence-electron chi connectivity index (χ4n) is 3.23. The number of hydrogen-bond donors (Lipinski definition) is 1. The first-order valence-electron chi connectivity index (χ1n) is 8.89. The summed E-state index contributed by atoms with van der Waals surface area (Å²) in [6.45, 7) is 2.03. The van der Waals surface area contributed by atoms with E-state index >= 15 is 0 Å². The van der Waals surface area contributed by atoms with Crippen molar-refractivity contribution in [2.24, 2.45) is 0 Å². The predicted octanol–water partition coefficient (Wildman–Crippen LogP) is 4.62. The third-order valence-electron chi connectivity index (χ3n) is 4.62. The first-order chi connectivity index (χ1) is 13.5. The van der Waals surface area contributed by atoms with Crippen molar-refractivity contribution >= 4 is 33.8 Å². The van der Waals surface area contributed by atoms with E-state index in [-0.39, 0.29) is 17.0 Å². The van der Waals surface area contributed by atoms with Gasteiger partial charge in [-0.25, -0.2) is 4.39 Å². The minimum absolute atomic E-state index is 0.243. The zero-order valence-electron chi connectivity index (χ0n) is 15.1. The van der Waals surface area contributed by atoms with Crippen molar-refractivity contribution in [1.82, 2.24) is 10.3 Å². The Morgan fingerprint density at radius 1 is 1.14 bits per heavy atom. The van der Waals surface area contributed by atoms with Gasteiger partial charge in [-0.3, -0.25) is 19.9 Å². The quantitative estimate of drug-likeness (QED) is 0.681. The van der Waals surface area contributed by atoms with E-state index in [0.29, 0.717) is 23.4 Å². The van der Waals surface area contributed by atoms with Crippen molar-refractivity contribution in [1.29, 1.82) is 0 Å². The van der Waals surface area contributed by atoms with Gasteiger partial charge < -0.3 is 4.74 Å². The second kappa shape index (κ2) is 7.59. The Morgan fingerprint density at radius 2 is 2.00 bits per heavy atom. The molecule has 2 heterocycles. The molecule has 2 aromatic carbocycles. The Hall–Kier alpha value is -2.93. The van der Waals surface area contributed by atoms with Crippen molar-refractivity contribution < 1.29 is 18.7 Å². The van der Waals surface area contributed by atoms with Gasteiger partial charge in [0.2, 0.25) is 5.91 Å². The predicted molar refractivity (Wildman–Crippen MR) is 106 cm³/mol. The van der Waals surface area contributed by atoms with Gasteiger partial charge in [0.25, 0.3) is 5.24 Å². The number of imide groups is 1. The van der Waals surface area contributed by atoms with Crippen LogP contribution in [0.25, 0.3) is 10.9 Å². The van der Waals surface area contributed by atoms with Crippen molar-refractivity contribution in [3.63, 3.8) is 0 Å². The van der Waals surface area contributed by atoms with E-state index in [9.17, 15) is 14.0 Å². The maximum absolute atomic E-state index is 13.4. The number of carbonyl (C=O) groups is 2. The van der Waals surface area contributed by atoms with Gasteiger partial charge in [0.05, 0.1) is 10.8 Å². The van der Waals surface area contributed by atoms with Crippen LogP contribution >= 0.6 is 11.8 Å². The number of carbonyl (C=O) groups excluding carboxylic acids is 2. The Kier molecular flexibility index (Phi) is 5.00. The van der Waals surface area contributed by atoms with Gasteiger partial charge in [-0.15, -0.1) is 0 Å². The largest absolute Gasteiger partial charge is 0.457 e. The number of benzene rings is 2. The van der Waals surface area contributed by atoms with Crippen LogP contribution in [0.5, 0.6) is 11.5 Å². The monoisotopic (exact) mass is 396 g/mol. The second-order valence-corrected chi connectivity index (χ2v) is 7.62. The highest BCUT2D eigenvalue weighted by Gasteiger charge is 2.31. The molecule has 0 saturated carbocycles. The summed E-state index contributed by atoms with van der Waals surface area (Å²) >= 11 is 1.03. The molecule has 2 amide bonds. The lowest BCUT2D eigenvalue weighted by molar-refractivity contribution is -0.118. The maximum atomic E-state index is 13.4. The minimum Gasteiger partial charge on any atom is -0.457 e. The van der Waals surface area contributed by atoms with Gasteiger partial charge >= 0.3 is 0 Å². The third kappa shape index (κ3) is 3.71. The summed E-state index contributed by atoms with van der Waals surface area (Å²) in [5.41, 5.74) is 2.59. The number of aryl methyl sites for hydroxylation is 1. The van der Waals surface area contributed by atoms with Crippen molar-refractivity contribution in [2.75, 3.05) is 0 Å². The molecule has 3 aromatic rings. The van der Waals surface area contributed by atoms with Crippen LogP contribution in [0.4, 0.5) is 9.18 Å². The molecule has 0 bridgehead atoms. The number of thioether (sulfide) groups is 1. The lowest BCUT2D eigenvalue weighted by Gasteiger charge is -2.14. The minimum atomic E-state index is -0.399. The van der Waals surface area contributed by atoms with Crippen LogP contribution < -0.4 is 10.1 Å². The summed E-state index contributed by atoms with van der Waals surface area (Å²) < 4.78 is 19.5. The molecule has 0 spiro atoms. The van der Waals surface area contributed by atoms with Gasteiger partial charge in [0.15, 0.2) is 0 Å². The van der Waals surface area contributed by atoms with E-state index in [1.165, 1.54) is 12.1 Å². The average Bonchev–Trinajstić information content (AvgIpc) is 2.99. The Labute approximate surface area is 165 Å². The van der Waals surface area contributed by atoms with Crippen LogP contribution in [0, 0.1) is 5.82 Å². The maximum Gasteiger partial charge on any atom is 0.286 e.